The zero-order chi connectivity index (χ0) is 13.7. The number of anilines is 1. The van der Waals surface area contributed by atoms with E-state index in [9.17, 15) is 4.39 Å². The van der Waals surface area contributed by atoms with Gasteiger partial charge in [0.05, 0.1) is 13.2 Å². The van der Waals surface area contributed by atoms with Gasteiger partial charge in [-0.2, -0.15) is 0 Å². The highest BCUT2D eigenvalue weighted by atomic mass is 19.1. The zero-order valence-corrected chi connectivity index (χ0v) is 10.6. The minimum Gasteiger partial charge on any atom is -0.494 e. The number of hydrogen-bond acceptors (Lipinski definition) is 4. The molecule has 0 saturated carbocycles. The number of pyridine rings is 1. The van der Waals surface area contributed by atoms with Gasteiger partial charge in [0, 0.05) is 30.7 Å². The van der Waals surface area contributed by atoms with Crippen LogP contribution < -0.4 is 15.8 Å². The van der Waals surface area contributed by atoms with Gasteiger partial charge in [-0.25, -0.2) is 4.39 Å². The quantitative estimate of drug-likeness (QED) is 0.867. The lowest BCUT2D eigenvalue weighted by atomic mass is 10.1. The zero-order valence-electron chi connectivity index (χ0n) is 10.6. The van der Waals surface area contributed by atoms with Crippen LogP contribution in [-0.2, 0) is 0 Å². The van der Waals surface area contributed by atoms with E-state index in [4.69, 9.17) is 10.5 Å². The van der Waals surface area contributed by atoms with E-state index < -0.39 is 5.82 Å². The number of nitrogens with zero attached hydrogens (tertiary/aromatic N) is 1. The third-order valence-corrected chi connectivity index (χ3v) is 2.81. The summed E-state index contributed by atoms with van der Waals surface area (Å²) in [5, 5.41) is 3.24. The Bertz CT molecular complexity index is 533. The van der Waals surface area contributed by atoms with Crippen LogP contribution in [0.2, 0.25) is 0 Å². The molecule has 2 rings (SSSR count). The summed E-state index contributed by atoms with van der Waals surface area (Å²) in [4.78, 5) is 4.06. The molecule has 0 aliphatic heterocycles. The molecule has 0 fully saturated rings. The smallest absolute Gasteiger partial charge is 0.165 e. The van der Waals surface area contributed by atoms with Crippen LogP contribution in [0.15, 0.2) is 42.7 Å². The summed E-state index contributed by atoms with van der Waals surface area (Å²) in [6, 6.07) is 8.33. The number of nitrogens with one attached hydrogen (secondary N) is 1. The van der Waals surface area contributed by atoms with Crippen molar-refractivity contribution < 1.29 is 9.13 Å². The monoisotopic (exact) mass is 261 g/mol. The maximum atomic E-state index is 13.3. The standard InChI is InChI=1S/C14H16FN3O/c1-19-14-7-11(4-5-12(14)15)18-13(8-16)10-3-2-6-17-9-10/h2-7,9,13,18H,8,16H2,1H3. The number of hydrogen-bond donors (Lipinski definition) is 2. The summed E-state index contributed by atoms with van der Waals surface area (Å²) in [6.45, 7) is 0.408. The van der Waals surface area contributed by atoms with Crippen LogP contribution in [0.1, 0.15) is 11.6 Å². The molecule has 0 saturated heterocycles. The van der Waals surface area contributed by atoms with E-state index in [1.54, 1.807) is 24.5 Å². The van der Waals surface area contributed by atoms with Gasteiger partial charge in [-0.05, 0) is 23.8 Å². The summed E-state index contributed by atoms with van der Waals surface area (Å²) >= 11 is 0. The number of nitrogens with two attached hydrogens (primary N) is 1. The molecule has 0 aliphatic carbocycles. The van der Waals surface area contributed by atoms with Gasteiger partial charge in [-0.1, -0.05) is 6.07 Å². The maximum absolute atomic E-state index is 13.3. The van der Waals surface area contributed by atoms with Gasteiger partial charge in [-0.15, -0.1) is 0 Å². The molecule has 1 aromatic heterocycles. The predicted octanol–water partition coefficient (Wildman–Crippen LogP) is 2.34. The third-order valence-electron chi connectivity index (χ3n) is 2.81. The van der Waals surface area contributed by atoms with Crippen LogP contribution in [0.5, 0.6) is 5.75 Å². The summed E-state index contributed by atoms with van der Waals surface area (Å²) in [5.41, 5.74) is 7.49. The Hall–Kier alpha value is -2.14. The Balaban J connectivity index is 2.19. The first-order valence-corrected chi connectivity index (χ1v) is 5.94. The lowest BCUT2D eigenvalue weighted by molar-refractivity contribution is 0.386. The molecule has 1 heterocycles. The summed E-state index contributed by atoms with van der Waals surface area (Å²) in [6.07, 6.45) is 3.46. The van der Waals surface area contributed by atoms with E-state index in [-0.39, 0.29) is 11.8 Å². The van der Waals surface area contributed by atoms with Crippen LogP contribution in [0.3, 0.4) is 0 Å². The van der Waals surface area contributed by atoms with Gasteiger partial charge in [0.15, 0.2) is 11.6 Å². The molecule has 1 atom stereocenters. The van der Waals surface area contributed by atoms with Gasteiger partial charge >= 0.3 is 0 Å². The van der Waals surface area contributed by atoms with E-state index in [1.165, 1.54) is 13.2 Å². The first-order valence-electron chi connectivity index (χ1n) is 5.94. The molecule has 0 radical (unpaired) electrons. The average Bonchev–Trinajstić information content (AvgIpc) is 2.47. The first kappa shape index (κ1) is 13.3. The van der Waals surface area contributed by atoms with E-state index in [0.29, 0.717) is 6.54 Å². The minimum absolute atomic E-state index is 0.0798. The van der Waals surface area contributed by atoms with Crippen LogP contribution >= 0.6 is 0 Å². The highest BCUT2D eigenvalue weighted by molar-refractivity contribution is 5.50. The van der Waals surface area contributed by atoms with Crippen molar-refractivity contribution in [1.82, 2.24) is 4.98 Å². The van der Waals surface area contributed by atoms with Gasteiger partial charge < -0.3 is 15.8 Å². The molecular weight excluding hydrogens is 245 g/mol. The number of benzene rings is 1. The predicted molar refractivity (Wildman–Crippen MR) is 72.6 cm³/mol. The molecule has 3 N–H and O–H groups in total. The largest absolute Gasteiger partial charge is 0.494 e. The molecule has 1 unspecified atom stereocenters. The Morgan fingerprint density at radius 3 is 2.89 bits per heavy atom. The summed E-state index contributed by atoms with van der Waals surface area (Å²) in [7, 11) is 1.43. The Morgan fingerprint density at radius 2 is 2.26 bits per heavy atom. The Labute approximate surface area is 111 Å². The number of halogens is 1. The van der Waals surface area contributed by atoms with Gasteiger partial charge in [0.25, 0.3) is 0 Å². The van der Waals surface area contributed by atoms with Gasteiger partial charge in [0.1, 0.15) is 0 Å². The van der Waals surface area contributed by atoms with Crippen molar-refractivity contribution in [3.05, 3.63) is 54.1 Å². The van der Waals surface area contributed by atoms with Crippen LogP contribution in [0, 0.1) is 5.82 Å². The topological polar surface area (TPSA) is 60.2 Å². The second-order valence-electron chi connectivity index (χ2n) is 4.07. The normalized spacial score (nSPS) is 11.9. The maximum Gasteiger partial charge on any atom is 0.165 e. The van der Waals surface area contributed by atoms with Crippen molar-refractivity contribution in [1.29, 1.82) is 0 Å². The molecular formula is C14H16FN3O. The molecule has 4 nitrogen and oxygen atoms in total. The van der Waals surface area contributed by atoms with E-state index in [0.717, 1.165) is 11.3 Å². The minimum atomic E-state index is -0.390. The SMILES string of the molecule is COc1cc(NC(CN)c2cccnc2)ccc1F. The molecule has 0 spiro atoms. The Kier molecular flexibility index (Phi) is 4.30. The van der Waals surface area contributed by atoms with Crippen molar-refractivity contribution in [2.45, 2.75) is 6.04 Å². The van der Waals surface area contributed by atoms with Crippen molar-refractivity contribution in [2.75, 3.05) is 19.0 Å². The lowest BCUT2D eigenvalue weighted by Crippen LogP contribution is -2.20. The van der Waals surface area contributed by atoms with Crippen molar-refractivity contribution >= 4 is 5.69 Å². The molecule has 1 aromatic carbocycles. The second kappa shape index (κ2) is 6.15. The Morgan fingerprint density at radius 1 is 1.42 bits per heavy atom. The molecule has 2 aromatic rings. The fraction of sp³-hybridized carbons (Fsp3) is 0.214. The number of ether oxygens (including phenoxy) is 1. The highest BCUT2D eigenvalue weighted by Gasteiger charge is 2.11. The van der Waals surface area contributed by atoms with Crippen molar-refractivity contribution in [2.24, 2.45) is 5.73 Å². The van der Waals surface area contributed by atoms with E-state index in [1.807, 2.05) is 12.1 Å². The molecule has 0 aliphatic rings. The van der Waals surface area contributed by atoms with Gasteiger partial charge in [-0.3, -0.25) is 4.98 Å². The second-order valence-corrected chi connectivity index (χ2v) is 4.07. The fourth-order valence-corrected chi connectivity index (χ4v) is 1.81. The number of rotatable bonds is 5. The third kappa shape index (κ3) is 3.20. The van der Waals surface area contributed by atoms with Gasteiger partial charge in [0.2, 0.25) is 0 Å². The van der Waals surface area contributed by atoms with E-state index >= 15 is 0 Å². The molecule has 0 bridgehead atoms. The fourth-order valence-electron chi connectivity index (χ4n) is 1.81. The van der Waals surface area contributed by atoms with E-state index in [2.05, 4.69) is 10.3 Å². The summed E-state index contributed by atoms with van der Waals surface area (Å²) < 4.78 is 18.3. The lowest BCUT2D eigenvalue weighted by Gasteiger charge is -2.18. The van der Waals surface area contributed by atoms with Crippen LogP contribution in [0.4, 0.5) is 10.1 Å². The average molecular weight is 261 g/mol. The molecule has 100 valence electrons. The number of aromatic nitrogens is 1. The molecule has 19 heavy (non-hydrogen) atoms. The van der Waals surface area contributed by atoms with Crippen LogP contribution in [-0.4, -0.2) is 18.6 Å². The molecule has 0 amide bonds. The van der Waals surface area contributed by atoms with Crippen molar-refractivity contribution in [3.8, 4) is 5.75 Å². The number of methoxy groups -OCH3 is 1. The summed E-state index contributed by atoms with van der Waals surface area (Å²) in [5.74, 6) is -0.189. The first-order chi connectivity index (χ1) is 9.24. The molecule has 5 heteroatoms. The van der Waals surface area contributed by atoms with Crippen molar-refractivity contribution in [3.63, 3.8) is 0 Å². The highest BCUT2D eigenvalue weighted by Crippen LogP contribution is 2.24. The van der Waals surface area contributed by atoms with Crippen LogP contribution in [0.25, 0.3) is 0 Å².